The van der Waals surface area contributed by atoms with Gasteiger partial charge in [0.25, 0.3) is 11.5 Å². The van der Waals surface area contributed by atoms with E-state index in [1.807, 2.05) is 30.3 Å². The lowest BCUT2D eigenvalue weighted by molar-refractivity contribution is 0.0944. The number of nitrogens with one attached hydrogen (secondary N) is 3. The van der Waals surface area contributed by atoms with Crippen LogP contribution >= 0.6 is 12.2 Å². The molecule has 1 aliphatic heterocycles. The van der Waals surface area contributed by atoms with E-state index in [1.165, 1.54) is 0 Å². The van der Waals surface area contributed by atoms with Gasteiger partial charge in [-0.3, -0.25) is 25.0 Å². The molecular formula is C23H25N5O2S. The molecule has 0 radical (unpaired) electrons. The molecule has 8 heteroatoms. The molecule has 0 bridgehead atoms. The summed E-state index contributed by atoms with van der Waals surface area (Å²) >= 11 is 5.21. The summed E-state index contributed by atoms with van der Waals surface area (Å²) in [6.45, 7) is 1.26. The van der Waals surface area contributed by atoms with Crippen molar-refractivity contribution in [1.82, 2.24) is 25.7 Å². The Labute approximate surface area is 185 Å². The molecule has 31 heavy (non-hydrogen) atoms. The molecule has 1 amide bonds. The topological polar surface area (TPSA) is 88.0 Å². The molecule has 160 valence electrons. The second kappa shape index (κ2) is 9.70. The van der Waals surface area contributed by atoms with Gasteiger partial charge in [-0.25, -0.2) is 4.98 Å². The number of thiocarbonyl (C=S) groups is 1. The standard InChI is InChI=1S/C23H25N5O2S/c29-21(26-27-23(31)24-15-16-8-4-3-5-9-16)17-11-12-18-19(14-17)25-20-10-6-1-2-7-13-28(20)22(18)30/h3-5,8-9,11-12,14H,1-2,6-7,10,13,15H2,(H,26,29)(H2,24,27,31). The smallest absolute Gasteiger partial charge is 0.269 e. The van der Waals surface area contributed by atoms with E-state index in [0.29, 0.717) is 34.7 Å². The van der Waals surface area contributed by atoms with E-state index in [4.69, 9.17) is 17.2 Å². The van der Waals surface area contributed by atoms with Crippen molar-refractivity contribution < 1.29 is 4.79 Å². The van der Waals surface area contributed by atoms with Crippen molar-refractivity contribution in [2.24, 2.45) is 0 Å². The molecule has 7 nitrogen and oxygen atoms in total. The van der Waals surface area contributed by atoms with Gasteiger partial charge in [-0.2, -0.15) is 0 Å². The van der Waals surface area contributed by atoms with E-state index in [0.717, 1.165) is 43.5 Å². The van der Waals surface area contributed by atoms with Gasteiger partial charge in [0.2, 0.25) is 0 Å². The van der Waals surface area contributed by atoms with Gasteiger partial charge >= 0.3 is 0 Å². The molecule has 4 rings (SSSR count). The van der Waals surface area contributed by atoms with Gasteiger partial charge in [-0.05, 0) is 48.8 Å². The zero-order valence-corrected chi connectivity index (χ0v) is 18.0. The summed E-state index contributed by atoms with van der Waals surface area (Å²) in [6, 6.07) is 14.8. The number of fused-ring (bicyclic) bond motifs is 2. The van der Waals surface area contributed by atoms with Gasteiger partial charge in [0.05, 0.1) is 10.9 Å². The number of carbonyl (C=O) groups excluding carboxylic acids is 1. The second-order valence-corrected chi connectivity index (χ2v) is 8.04. The molecule has 0 unspecified atom stereocenters. The monoisotopic (exact) mass is 435 g/mol. The predicted molar refractivity (Wildman–Crippen MR) is 125 cm³/mol. The highest BCUT2D eigenvalue weighted by molar-refractivity contribution is 7.80. The van der Waals surface area contributed by atoms with Crippen LogP contribution in [0.5, 0.6) is 0 Å². The van der Waals surface area contributed by atoms with E-state index in [9.17, 15) is 9.59 Å². The molecule has 2 aromatic carbocycles. The zero-order chi connectivity index (χ0) is 21.6. The highest BCUT2D eigenvalue weighted by atomic mass is 32.1. The van der Waals surface area contributed by atoms with Crippen LogP contribution in [0.25, 0.3) is 10.9 Å². The average molecular weight is 436 g/mol. The van der Waals surface area contributed by atoms with Gasteiger partial charge in [0.15, 0.2) is 5.11 Å². The Balaban J connectivity index is 1.44. The molecule has 3 N–H and O–H groups in total. The number of hydrogen-bond donors (Lipinski definition) is 3. The number of aryl methyl sites for hydroxylation is 1. The van der Waals surface area contributed by atoms with Gasteiger partial charge < -0.3 is 5.32 Å². The molecule has 0 spiro atoms. The third-order valence-corrected chi connectivity index (χ3v) is 5.66. The number of amides is 1. The van der Waals surface area contributed by atoms with E-state index in [-0.39, 0.29) is 11.5 Å². The van der Waals surface area contributed by atoms with Crippen molar-refractivity contribution in [3.63, 3.8) is 0 Å². The summed E-state index contributed by atoms with van der Waals surface area (Å²) in [6.07, 6.45) is 5.09. The molecule has 0 aliphatic carbocycles. The Morgan fingerprint density at radius 3 is 2.68 bits per heavy atom. The average Bonchev–Trinajstić information content (AvgIpc) is 2.77. The summed E-state index contributed by atoms with van der Waals surface area (Å²) in [5, 5.41) is 3.89. The minimum atomic E-state index is -0.348. The number of aromatic nitrogens is 2. The Hall–Kier alpha value is -3.26. The first kappa shape index (κ1) is 21.0. The van der Waals surface area contributed by atoms with Crippen molar-refractivity contribution in [1.29, 1.82) is 0 Å². The molecule has 0 saturated heterocycles. The maximum atomic E-state index is 12.9. The molecule has 0 fully saturated rings. The number of hydrogen-bond acceptors (Lipinski definition) is 4. The Morgan fingerprint density at radius 1 is 1.03 bits per heavy atom. The van der Waals surface area contributed by atoms with Crippen LogP contribution < -0.4 is 21.7 Å². The summed E-state index contributed by atoms with van der Waals surface area (Å²) < 4.78 is 1.79. The third-order valence-electron chi connectivity index (χ3n) is 5.41. The first-order valence-corrected chi connectivity index (χ1v) is 10.9. The highest BCUT2D eigenvalue weighted by Gasteiger charge is 2.15. The van der Waals surface area contributed by atoms with Gasteiger partial charge in [-0.15, -0.1) is 0 Å². The van der Waals surface area contributed by atoms with Gasteiger partial charge in [0, 0.05) is 25.1 Å². The summed E-state index contributed by atoms with van der Waals surface area (Å²) in [5.74, 6) is 0.457. The van der Waals surface area contributed by atoms with Crippen LogP contribution in [0, 0.1) is 0 Å². The molecule has 1 aromatic heterocycles. The number of rotatable bonds is 3. The van der Waals surface area contributed by atoms with Crippen LogP contribution in [0.4, 0.5) is 0 Å². The van der Waals surface area contributed by atoms with E-state index in [2.05, 4.69) is 16.2 Å². The summed E-state index contributed by atoms with van der Waals surface area (Å²) in [5.41, 5.74) is 7.32. The van der Waals surface area contributed by atoms with Crippen molar-refractivity contribution in [3.8, 4) is 0 Å². The lowest BCUT2D eigenvalue weighted by Crippen LogP contribution is -2.46. The Bertz CT molecular complexity index is 1160. The lowest BCUT2D eigenvalue weighted by Gasteiger charge is -2.16. The minimum Gasteiger partial charge on any atom is -0.357 e. The Morgan fingerprint density at radius 2 is 1.84 bits per heavy atom. The second-order valence-electron chi connectivity index (χ2n) is 7.63. The largest absolute Gasteiger partial charge is 0.357 e. The summed E-state index contributed by atoms with van der Waals surface area (Å²) in [4.78, 5) is 30.2. The minimum absolute atomic E-state index is 0.0294. The normalized spacial score (nSPS) is 13.5. The fourth-order valence-corrected chi connectivity index (χ4v) is 3.87. The molecule has 0 saturated carbocycles. The molecule has 2 heterocycles. The number of carbonyl (C=O) groups is 1. The third kappa shape index (κ3) is 5.08. The van der Waals surface area contributed by atoms with E-state index >= 15 is 0 Å². The summed E-state index contributed by atoms with van der Waals surface area (Å²) in [7, 11) is 0. The van der Waals surface area contributed by atoms with Crippen molar-refractivity contribution >= 4 is 34.1 Å². The maximum absolute atomic E-state index is 12.9. The van der Waals surface area contributed by atoms with Crippen molar-refractivity contribution in [2.75, 3.05) is 0 Å². The predicted octanol–water partition coefficient (Wildman–Crippen LogP) is 2.82. The SMILES string of the molecule is O=C(NNC(=S)NCc1ccccc1)c1ccc2c(=O)n3c(nc2c1)CCCCCC3. The van der Waals surface area contributed by atoms with Crippen LogP contribution in [0.15, 0.2) is 53.3 Å². The fraction of sp³-hybridized carbons (Fsp3) is 0.304. The molecule has 1 aliphatic rings. The molecule has 0 atom stereocenters. The number of hydrazine groups is 1. The van der Waals surface area contributed by atoms with Crippen LogP contribution in [0.3, 0.4) is 0 Å². The van der Waals surface area contributed by atoms with Gasteiger partial charge in [-0.1, -0.05) is 43.2 Å². The fourth-order valence-electron chi connectivity index (χ4n) is 3.74. The maximum Gasteiger partial charge on any atom is 0.269 e. The van der Waals surface area contributed by atoms with E-state index in [1.54, 1.807) is 22.8 Å². The Kier molecular flexibility index (Phi) is 6.57. The first-order chi connectivity index (χ1) is 15.1. The number of nitrogens with zero attached hydrogens (tertiary/aromatic N) is 2. The lowest BCUT2D eigenvalue weighted by atomic mass is 10.1. The van der Waals surface area contributed by atoms with E-state index < -0.39 is 0 Å². The zero-order valence-electron chi connectivity index (χ0n) is 17.2. The van der Waals surface area contributed by atoms with Crippen LogP contribution in [-0.4, -0.2) is 20.6 Å². The van der Waals surface area contributed by atoms with Crippen LogP contribution in [0.1, 0.15) is 47.4 Å². The highest BCUT2D eigenvalue weighted by Crippen LogP contribution is 2.16. The molecule has 3 aromatic rings. The van der Waals surface area contributed by atoms with Crippen LogP contribution in [0.2, 0.25) is 0 Å². The molecular weight excluding hydrogens is 410 g/mol. The van der Waals surface area contributed by atoms with Crippen molar-refractivity contribution in [2.45, 2.75) is 45.2 Å². The van der Waals surface area contributed by atoms with Crippen LogP contribution in [-0.2, 0) is 19.5 Å². The first-order valence-electron chi connectivity index (χ1n) is 10.5. The van der Waals surface area contributed by atoms with Crippen molar-refractivity contribution in [3.05, 3.63) is 75.8 Å². The van der Waals surface area contributed by atoms with Gasteiger partial charge in [0.1, 0.15) is 5.82 Å². The quantitative estimate of drug-likeness (QED) is 0.433. The number of benzene rings is 2.